The molecule has 62 valence electrons. The highest BCUT2D eigenvalue weighted by atomic mass is 19.3. The van der Waals surface area contributed by atoms with Crippen molar-refractivity contribution < 1.29 is 13.9 Å². The van der Waals surface area contributed by atoms with Crippen LogP contribution in [0.25, 0.3) is 0 Å². The third kappa shape index (κ3) is 1.66. The molecule has 0 bridgehead atoms. The molecule has 0 aromatic rings. The lowest BCUT2D eigenvalue weighted by molar-refractivity contribution is -0.126. The molecule has 0 fully saturated rings. The molecule has 1 nitrogen and oxygen atoms in total. The summed E-state index contributed by atoms with van der Waals surface area (Å²) >= 11 is 0. The van der Waals surface area contributed by atoms with Crippen LogP contribution in [0.1, 0.15) is 27.2 Å². The van der Waals surface area contributed by atoms with Gasteiger partial charge in [0.25, 0.3) is 6.43 Å². The maximum absolute atomic E-state index is 12.1. The van der Waals surface area contributed by atoms with E-state index < -0.39 is 17.9 Å². The van der Waals surface area contributed by atoms with E-state index in [1.54, 1.807) is 20.8 Å². The SMILES string of the molecule is CCC(O)(C(C)C)C(F)F. The van der Waals surface area contributed by atoms with Gasteiger partial charge < -0.3 is 5.11 Å². The number of hydrogen-bond donors (Lipinski definition) is 1. The second kappa shape index (κ2) is 3.28. The van der Waals surface area contributed by atoms with Gasteiger partial charge in [-0.25, -0.2) is 8.78 Å². The molecule has 0 spiro atoms. The van der Waals surface area contributed by atoms with Gasteiger partial charge >= 0.3 is 0 Å². The van der Waals surface area contributed by atoms with Crippen LogP contribution in [0.15, 0.2) is 0 Å². The fraction of sp³-hybridized carbons (Fsp3) is 1.00. The van der Waals surface area contributed by atoms with Crippen LogP contribution in [0.3, 0.4) is 0 Å². The molecule has 0 aliphatic heterocycles. The molecule has 3 heteroatoms. The summed E-state index contributed by atoms with van der Waals surface area (Å²) in [5.41, 5.74) is -1.79. The minimum Gasteiger partial charge on any atom is -0.384 e. The Kier molecular flexibility index (Phi) is 3.22. The maximum atomic E-state index is 12.1. The first kappa shape index (κ1) is 9.82. The number of halogens is 2. The van der Waals surface area contributed by atoms with E-state index in [0.717, 1.165) is 0 Å². The van der Waals surface area contributed by atoms with Crippen molar-refractivity contribution in [3.05, 3.63) is 0 Å². The molecular formula is C7H14F2O. The quantitative estimate of drug-likeness (QED) is 0.656. The minimum atomic E-state index is -2.64. The number of aliphatic hydroxyl groups is 1. The molecule has 0 rings (SSSR count). The van der Waals surface area contributed by atoms with Crippen molar-refractivity contribution in [2.45, 2.75) is 39.2 Å². The van der Waals surface area contributed by atoms with E-state index in [2.05, 4.69) is 0 Å². The Bertz CT molecular complexity index is 93.8. The smallest absolute Gasteiger partial charge is 0.267 e. The monoisotopic (exact) mass is 152 g/mol. The van der Waals surface area contributed by atoms with Gasteiger partial charge in [-0.3, -0.25) is 0 Å². The van der Waals surface area contributed by atoms with Gasteiger partial charge in [-0.15, -0.1) is 0 Å². The van der Waals surface area contributed by atoms with Crippen molar-refractivity contribution >= 4 is 0 Å². The molecule has 0 radical (unpaired) electrons. The molecule has 0 saturated heterocycles. The fourth-order valence-corrected chi connectivity index (χ4v) is 0.815. The fourth-order valence-electron chi connectivity index (χ4n) is 0.815. The van der Waals surface area contributed by atoms with Crippen LogP contribution in [-0.2, 0) is 0 Å². The lowest BCUT2D eigenvalue weighted by Crippen LogP contribution is -2.41. The Morgan fingerprint density at radius 2 is 1.80 bits per heavy atom. The summed E-state index contributed by atoms with van der Waals surface area (Å²) in [5, 5.41) is 9.22. The van der Waals surface area contributed by atoms with E-state index in [0.29, 0.717) is 0 Å². The van der Waals surface area contributed by atoms with Gasteiger partial charge in [-0.1, -0.05) is 20.8 Å². The normalized spacial score (nSPS) is 18.0. The van der Waals surface area contributed by atoms with Crippen molar-refractivity contribution in [2.75, 3.05) is 0 Å². The number of hydrogen-bond acceptors (Lipinski definition) is 1. The molecule has 0 aromatic carbocycles. The lowest BCUT2D eigenvalue weighted by Gasteiger charge is -2.29. The van der Waals surface area contributed by atoms with Crippen molar-refractivity contribution in [1.82, 2.24) is 0 Å². The van der Waals surface area contributed by atoms with E-state index in [9.17, 15) is 13.9 Å². The second-order valence-electron chi connectivity index (χ2n) is 2.80. The van der Waals surface area contributed by atoms with E-state index in [1.807, 2.05) is 0 Å². The molecule has 0 aromatic heterocycles. The molecule has 1 atom stereocenters. The third-order valence-electron chi connectivity index (χ3n) is 1.94. The summed E-state index contributed by atoms with van der Waals surface area (Å²) in [4.78, 5) is 0. The topological polar surface area (TPSA) is 20.2 Å². The molecule has 1 N–H and O–H groups in total. The van der Waals surface area contributed by atoms with Gasteiger partial charge in [-0.2, -0.15) is 0 Å². The molecule has 0 aliphatic carbocycles. The van der Waals surface area contributed by atoms with Gasteiger partial charge in [0.15, 0.2) is 0 Å². The van der Waals surface area contributed by atoms with Crippen molar-refractivity contribution in [1.29, 1.82) is 0 Å². The zero-order valence-corrected chi connectivity index (χ0v) is 6.56. The predicted octanol–water partition coefficient (Wildman–Crippen LogP) is 2.05. The lowest BCUT2D eigenvalue weighted by atomic mass is 9.88. The summed E-state index contributed by atoms with van der Waals surface area (Å²) in [6, 6.07) is 0. The number of alkyl halides is 2. The van der Waals surface area contributed by atoms with Crippen LogP contribution in [0.2, 0.25) is 0 Å². The van der Waals surface area contributed by atoms with Gasteiger partial charge in [-0.05, 0) is 12.3 Å². The molecule has 1 unspecified atom stereocenters. The Labute approximate surface area is 60.1 Å². The van der Waals surface area contributed by atoms with Crippen molar-refractivity contribution in [3.8, 4) is 0 Å². The largest absolute Gasteiger partial charge is 0.384 e. The first-order valence-corrected chi connectivity index (χ1v) is 3.45. The van der Waals surface area contributed by atoms with Gasteiger partial charge in [0.1, 0.15) is 5.60 Å². The molecular weight excluding hydrogens is 138 g/mol. The van der Waals surface area contributed by atoms with Gasteiger partial charge in [0, 0.05) is 0 Å². The average molecular weight is 152 g/mol. The molecule has 0 amide bonds. The highest BCUT2D eigenvalue weighted by Crippen LogP contribution is 2.27. The molecule has 0 aliphatic rings. The molecule has 0 heterocycles. The Morgan fingerprint density at radius 1 is 1.40 bits per heavy atom. The predicted molar refractivity (Wildman–Crippen MR) is 36.1 cm³/mol. The van der Waals surface area contributed by atoms with Crippen LogP contribution in [-0.4, -0.2) is 17.1 Å². The van der Waals surface area contributed by atoms with E-state index >= 15 is 0 Å². The highest BCUT2D eigenvalue weighted by Gasteiger charge is 2.38. The van der Waals surface area contributed by atoms with Crippen molar-refractivity contribution in [3.63, 3.8) is 0 Å². The average Bonchev–Trinajstić information content (AvgIpc) is 1.85. The molecule has 0 saturated carbocycles. The van der Waals surface area contributed by atoms with Gasteiger partial charge in [0.05, 0.1) is 0 Å². The third-order valence-corrected chi connectivity index (χ3v) is 1.94. The number of rotatable bonds is 3. The van der Waals surface area contributed by atoms with Crippen LogP contribution < -0.4 is 0 Å². The standard InChI is InChI=1S/C7H14F2O/c1-4-7(10,5(2)3)6(8)9/h5-6,10H,4H2,1-3H3. The van der Waals surface area contributed by atoms with Crippen molar-refractivity contribution in [2.24, 2.45) is 5.92 Å². The second-order valence-corrected chi connectivity index (χ2v) is 2.80. The summed E-state index contributed by atoms with van der Waals surface area (Å²) in [5.74, 6) is -0.391. The van der Waals surface area contributed by atoms with Gasteiger partial charge in [0.2, 0.25) is 0 Å². The zero-order chi connectivity index (χ0) is 8.36. The first-order chi connectivity index (χ1) is 4.45. The van der Waals surface area contributed by atoms with Crippen LogP contribution in [0, 0.1) is 5.92 Å². The van der Waals surface area contributed by atoms with Crippen LogP contribution in [0.5, 0.6) is 0 Å². The maximum Gasteiger partial charge on any atom is 0.267 e. The van der Waals surface area contributed by atoms with Crippen LogP contribution in [0.4, 0.5) is 8.78 Å². The summed E-state index contributed by atoms with van der Waals surface area (Å²) in [7, 11) is 0. The summed E-state index contributed by atoms with van der Waals surface area (Å²) < 4.78 is 24.2. The Morgan fingerprint density at radius 3 is 1.80 bits per heavy atom. The summed E-state index contributed by atoms with van der Waals surface area (Å²) in [6.07, 6.45) is -2.54. The highest BCUT2D eigenvalue weighted by molar-refractivity contribution is 4.82. The van der Waals surface area contributed by atoms with E-state index in [4.69, 9.17) is 0 Å². The minimum absolute atomic E-state index is 0.0995. The first-order valence-electron chi connectivity index (χ1n) is 3.45. The van der Waals surface area contributed by atoms with E-state index in [-0.39, 0.29) is 6.42 Å². The zero-order valence-electron chi connectivity index (χ0n) is 6.56. The Balaban J connectivity index is 4.23. The Hall–Kier alpha value is -0.180. The van der Waals surface area contributed by atoms with Crippen LogP contribution >= 0.6 is 0 Å². The van der Waals surface area contributed by atoms with E-state index in [1.165, 1.54) is 0 Å². The molecule has 10 heavy (non-hydrogen) atoms. The summed E-state index contributed by atoms with van der Waals surface area (Å²) in [6.45, 7) is 4.75.